The molecule has 1 amide bonds. The molecule has 3 aromatic carbocycles. The Labute approximate surface area is 201 Å². The largest absolute Gasteiger partial charge is 0.484 e. The summed E-state index contributed by atoms with van der Waals surface area (Å²) in [5.74, 6) is 0.101. The molecule has 0 fully saturated rings. The molecule has 32 heavy (non-hydrogen) atoms. The van der Waals surface area contributed by atoms with E-state index in [9.17, 15) is 13.2 Å². The maximum absolute atomic E-state index is 12.6. The quantitative estimate of drug-likeness (QED) is 0.399. The van der Waals surface area contributed by atoms with Crippen LogP contribution >= 0.6 is 27.5 Å². The molecule has 0 aliphatic rings. The molecular formula is C23H22BrClN2O4S. The van der Waals surface area contributed by atoms with Gasteiger partial charge in [-0.25, -0.2) is 8.42 Å². The Hall–Kier alpha value is -2.55. The molecule has 2 N–H and O–H groups in total. The lowest BCUT2D eigenvalue weighted by atomic mass is 10.1. The molecule has 0 unspecified atom stereocenters. The van der Waals surface area contributed by atoms with Crippen molar-refractivity contribution in [3.8, 4) is 5.75 Å². The Kier molecular flexibility index (Phi) is 7.82. The average molecular weight is 538 g/mol. The van der Waals surface area contributed by atoms with Gasteiger partial charge in [0.05, 0.1) is 16.6 Å². The fraction of sp³-hybridized carbons (Fsp3) is 0.174. The molecule has 0 saturated carbocycles. The highest BCUT2D eigenvalue weighted by Gasteiger charge is 2.15. The summed E-state index contributed by atoms with van der Waals surface area (Å²) in [6, 6.07) is 18.3. The van der Waals surface area contributed by atoms with E-state index in [-0.39, 0.29) is 23.5 Å². The zero-order valence-corrected chi connectivity index (χ0v) is 20.6. The van der Waals surface area contributed by atoms with Crippen molar-refractivity contribution in [3.05, 3.63) is 87.4 Å². The molecular weight excluding hydrogens is 516 g/mol. The number of ether oxygens (including phenoxy) is 1. The van der Waals surface area contributed by atoms with Gasteiger partial charge in [0.25, 0.3) is 15.9 Å². The van der Waals surface area contributed by atoms with Crippen LogP contribution in [0.15, 0.2) is 76.1 Å². The average Bonchev–Trinajstić information content (AvgIpc) is 2.75. The first-order chi connectivity index (χ1) is 15.1. The number of anilines is 1. The van der Waals surface area contributed by atoms with Crippen LogP contribution in [0.25, 0.3) is 0 Å². The second kappa shape index (κ2) is 10.4. The van der Waals surface area contributed by atoms with Gasteiger partial charge in [-0.2, -0.15) is 0 Å². The van der Waals surface area contributed by atoms with Crippen LogP contribution in [0.5, 0.6) is 5.75 Å². The van der Waals surface area contributed by atoms with Crippen molar-refractivity contribution < 1.29 is 17.9 Å². The third kappa shape index (κ3) is 6.48. The fourth-order valence-corrected chi connectivity index (χ4v) is 4.35. The van der Waals surface area contributed by atoms with Gasteiger partial charge in [0.15, 0.2) is 6.61 Å². The summed E-state index contributed by atoms with van der Waals surface area (Å²) in [6.45, 7) is 3.53. The lowest BCUT2D eigenvalue weighted by Crippen LogP contribution is -2.31. The standard InChI is InChI=1S/C23H22BrClN2O4S/c1-15-3-8-19(13-22(15)25)27-32(29,30)21-11-9-20(10-12-21)31-14-23(28)26-16(2)17-4-6-18(24)7-5-17/h3-13,16,27H,14H2,1-2H3,(H,26,28)/t16-/m0/s1. The molecule has 0 aliphatic carbocycles. The predicted octanol–water partition coefficient (Wildman–Crippen LogP) is 5.47. The van der Waals surface area contributed by atoms with Crippen molar-refractivity contribution in [1.29, 1.82) is 0 Å². The lowest BCUT2D eigenvalue weighted by molar-refractivity contribution is -0.123. The van der Waals surface area contributed by atoms with E-state index < -0.39 is 10.0 Å². The molecule has 0 aromatic heterocycles. The van der Waals surface area contributed by atoms with Gasteiger partial charge < -0.3 is 10.1 Å². The molecule has 6 nitrogen and oxygen atoms in total. The number of rotatable bonds is 8. The SMILES string of the molecule is Cc1ccc(NS(=O)(=O)c2ccc(OCC(=O)N[C@@H](C)c3ccc(Br)cc3)cc2)cc1Cl. The lowest BCUT2D eigenvalue weighted by Gasteiger charge is -2.15. The summed E-state index contributed by atoms with van der Waals surface area (Å²) in [7, 11) is -3.79. The molecule has 0 aliphatic heterocycles. The zero-order valence-electron chi connectivity index (χ0n) is 17.4. The van der Waals surface area contributed by atoms with Crippen LogP contribution in [0.3, 0.4) is 0 Å². The van der Waals surface area contributed by atoms with Crippen molar-refractivity contribution in [3.63, 3.8) is 0 Å². The molecule has 0 radical (unpaired) electrons. The van der Waals surface area contributed by atoms with Crippen LogP contribution in [0.1, 0.15) is 24.1 Å². The van der Waals surface area contributed by atoms with Gasteiger partial charge in [0.1, 0.15) is 5.75 Å². The molecule has 0 heterocycles. The minimum absolute atomic E-state index is 0.0647. The number of sulfonamides is 1. The highest BCUT2D eigenvalue weighted by Crippen LogP contribution is 2.23. The molecule has 0 spiro atoms. The molecule has 3 aromatic rings. The normalized spacial score (nSPS) is 12.1. The summed E-state index contributed by atoms with van der Waals surface area (Å²) in [4.78, 5) is 12.3. The van der Waals surface area contributed by atoms with E-state index in [2.05, 4.69) is 26.0 Å². The van der Waals surface area contributed by atoms with Gasteiger partial charge in [0.2, 0.25) is 0 Å². The number of carbonyl (C=O) groups excluding carboxylic acids is 1. The van der Waals surface area contributed by atoms with Crippen LogP contribution in [0.2, 0.25) is 5.02 Å². The van der Waals surface area contributed by atoms with Gasteiger partial charge in [-0.3, -0.25) is 9.52 Å². The molecule has 168 valence electrons. The van der Waals surface area contributed by atoms with E-state index in [0.717, 1.165) is 15.6 Å². The number of carbonyl (C=O) groups is 1. The number of nitrogens with one attached hydrogen (secondary N) is 2. The van der Waals surface area contributed by atoms with E-state index in [4.69, 9.17) is 16.3 Å². The van der Waals surface area contributed by atoms with Crippen molar-refractivity contribution in [2.45, 2.75) is 24.8 Å². The fourth-order valence-electron chi connectivity index (χ4n) is 2.85. The Morgan fingerprint density at radius 2 is 1.72 bits per heavy atom. The topological polar surface area (TPSA) is 84.5 Å². The van der Waals surface area contributed by atoms with Gasteiger partial charge >= 0.3 is 0 Å². The first-order valence-corrected chi connectivity index (χ1v) is 12.4. The minimum Gasteiger partial charge on any atom is -0.484 e. The Balaban J connectivity index is 1.56. The molecule has 0 saturated heterocycles. The van der Waals surface area contributed by atoms with Crippen LogP contribution in [0, 0.1) is 6.92 Å². The van der Waals surface area contributed by atoms with Gasteiger partial charge in [-0.15, -0.1) is 0 Å². The van der Waals surface area contributed by atoms with E-state index in [1.54, 1.807) is 18.2 Å². The van der Waals surface area contributed by atoms with Crippen molar-refractivity contribution in [2.75, 3.05) is 11.3 Å². The van der Waals surface area contributed by atoms with Crippen LogP contribution in [-0.2, 0) is 14.8 Å². The zero-order chi connectivity index (χ0) is 23.3. The van der Waals surface area contributed by atoms with E-state index in [0.29, 0.717) is 16.5 Å². The Morgan fingerprint density at radius 1 is 1.06 bits per heavy atom. The van der Waals surface area contributed by atoms with E-state index >= 15 is 0 Å². The van der Waals surface area contributed by atoms with Crippen LogP contribution in [-0.4, -0.2) is 20.9 Å². The molecule has 3 rings (SSSR count). The Morgan fingerprint density at radius 3 is 2.34 bits per heavy atom. The number of aryl methyl sites for hydroxylation is 1. The number of halogens is 2. The van der Waals surface area contributed by atoms with Gasteiger partial charge in [-0.05, 0) is 73.5 Å². The monoisotopic (exact) mass is 536 g/mol. The van der Waals surface area contributed by atoms with E-state index in [1.165, 1.54) is 24.3 Å². The van der Waals surface area contributed by atoms with Gasteiger partial charge in [-0.1, -0.05) is 45.7 Å². The van der Waals surface area contributed by atoms with Crippen LogP contribution in [0.4, 0.5) is 5.69 Å². The summed E-state index contributed by atoms with van der Waals surface area (Å²) < 4.78 is 34.1. The van der Waals surface area contributed by atoms with Crippen molar-refractivity contribution >= 4 is 49.1 Å². The summed E-state index contributed by atoms with van der Waals surface area (Å²) in [6.07, 6.45) is 0. The minimum atomic E-state index is -3.79. The second-order valence-electron chi connectivity index (χ2n) is 7.17. The first kappa shape index (κ1) is 24.1. The van der Waals surface area contributed by atoms with Gasteiger partial charge in [0, 0.05) is 9.50 Å². The predicted molar refractivity (Wildman–Crippen MR) is 130 cm³/mol. The number of hydrogen-bond acceptors (Lipinski definition) is 4. The number of hydrogen-bond donors (Lipinski definition) is 2. The number of amides is 1. The maximum atomic E-state index is 12.6. The third-order valence-corrected chi connectivity index (χ3v) is 7.01. The number of benzene rings is 3. The van der Waals surface area contributed by atoms with E-state index in [1.807, 2.05) is 38.1 Å². The molecule has 0 bridgehead atoms. The maximum Gasteiger partial charge on any atom is 0.261 e. The summed E-state index contributed by atoms with van der Waals surface area (Å²) >= 11 is 9.44. The smallest absolute Gasteiger partial charge is 0.261 e. The van der Waals surface area contributed by atoms with Crippen LogP contribution < -0.4 is 14.8 Å². The first-order valence-electron chi connectivity index (χ1n) is 9.71. The highest BCUT2D eigenvalue weighted by molar-refractivity contribution is 9.10. The third-order valence-electron chi connectivity index (χ3n) is 4.68. The second-order valence-corrected chi connectivity index (χ2v) is 10.2. The highest BCUT2D eigenvalue weighted by atomic mass is 79.9. The summed E-state index contributed by atoms with van der Waals surface area (Å²) in [5.41, 5.74) is 2.20. The molecule has 9 heteroatoms. The van der Waals surface area contributed by atoms with Crippen molar-refractivity contribution in [2.24, 2.45) is 0 Å². The summed E-state index contributed by atoms with van der Waals surface area (Å²) in [5, 5.41) is 3.34. The molecule has 1 atom stereocenters. The Bertz CT molecular complexity index is 1200. The van der Waals surface area contributed by atoms with Crippen molar-refractivity contribution in [1.82, 2.24) is 5.32 Å².